The smallest absolute Gasteiger partial charge is 0.223 e. The maximum absolute atomic E-state index is 5.32. The van der Waals surface area contributed by atoms with E-state index in [4.69, 9.17) is 11.5 Å². The summed E-state index contributed by atoms with van der Waals surface area (Å²) in [5.41, 5.74) is 12.0. The van der Waals surface area contributed by atoms with Gasteiger partial charge in [-0.25, -0.2) is 0 Å². The third-order valence-corrected chi connectivity index (χ3v) is 2.82. The van der Waals surface area contributed by atoms with Gasteiger partial charge in [0.05, 0.1) is 0 Å². The van der Waals surface area contributed by atoms with Crippen LogP contribution in [0, 0.1) is 0 Å². The molecular weight excluding hydrogens is 222 g/mol. The predicted octanol–water partition coefficient (Wildman–Crippen LogP) is 0.482. The van der Waals surface area contributed by atoms with Crippen LogP contribution in [0.5, 0.6) is 0 Å². The lowest BCUT2D eigenvalue weighted by Gasteiger charge is -2.17. The quantitative estimate of drug-likeness (QED) is 0.595. The van der Waals surface area contributed by atoms with Crippen LogP contribution < -0.4 is 11.5 Å². The van der Waals surface area contributed by atoms with Crippen molar-refractivity contribution in [3.63, 3.8) is 0 Å². The summed E-state index contributed by atoms with van der Waals surface area (Å²) in [6.45, 7) is 0.834. The van der Waals surface area contributed by atoms with Crippen molar-refractivity contribution in [1.29, 1.82) is 0 Å². The molecule has 0 bridgehead atoms. The van der Waals surface area contributed by atoms with Crippen LogP contribution in [0.1, 0.15) is 5.56 Å². The maximum Gasteiger partial charge on any atom is 0.223 e. The highest BCUT2D eigenvalue weighted by atomic mass is 32.1. The predicted molar refractivity (Wildman–Crippen MR) is 69.8 cm³/mol. The molecule has 6 heteroatoms. The number of thiophene rings is 1. The molecule has 0 radical (unpaired) electrons. The van der Waals surface area contributed by atoms with Crippen LogP contribution in [0.25, 0.3) is 0 Å². The summed E-state index contributed by atoms with van der Waals surface area (Å²) in [5.74, 6) is 0.582. The van der Waals surface area contributed by atoms with Crippen LogP contribution in [0.15, 0.2) is 26.8 Å². The second-order valence-electron chi connectivity index (χ2n) is 3.36. The van der Waals surface area contributed by atoms with Gasteiger partial charge >= 0.3 is 0 Å². The van der Waals surface area contributed by atoms with Crippen molar-refractivity contribution in [3.05, 3.63) is 22.4 Å². The molecule has 0 saturated carbocycles. The number of guanidine groups is 2. The van der Waals surface area contributed by atoms with Gasteiger partial charge in [-0.05, 0) is 28.8 Å². The summed E-state index contributed by atoms with van der Waals surface area (Å²) in [4.78, 5) is 9.90. The van der Waals surface area contributed by atoms with Gasteiger partial charge in [0.25, 0.3) is 0 Å². The fraction of sp³-hybridized carbons (Fsp3) is 0.400. The highest BCUT2D eigenvalue weighted by Crippen LogP contribution is 2.07. The van der Waals surface area contributed by atoms with Gasteiger partial charge in [0, 0.05) is 20.6 Å². The second-order valence-corrected chi connectivity index (χ2v) is 4.14. The van der Waals surface area contributed by atoms with E-state index in [9.17, 15) is 0 Å². The molecule has 0 saturated heterocycles. The van der Waals surface area contributed by atoms with Gasteiger partial charge in [-0.2, -0.15) is 16.3 Å². The Balaban J connectivity index is 2.51. The molecule has 0 aliphatic carbocycles. The van der Waals surface area contributed by atoms with Crippen LogP contribution >= 0.6 is 11.3 Å². The Morgan fingerprint density at radius 2 is 2.25 bits per heavy atom. The van der Waals surface area contributed by atoms with Gasteiger partial charge in [0.1, 0.15) is 0 Å². The molecule has 88 valence electrons. The summed E-state index contributed by atoms with van der Waals surface area (Å²) in [7, 11) is 3.59. The zero-order valence-corrected chi connectivity index (χ0v) is 10.4. The van der Waals surface area contributed by atoms with E-state index in [-0.39, 0.29) is 5.96 Å². The maximum atomic E-state index is 5.32. The monoisotopic (exact) mass is 239 g/mol. The first-order chi connectivity index (χ1) is 7.63. The van der Waals surface area contributed by atoms with Crippen molar-refractivity contribution in [2.75, 3.05) is 20.6 Å². The van der Waals surface area contributed by atoms with E-state index in [0.717, 1.165) is 13.0 Å². The fourth-order valence-electron chi connectivity index (χ4n) is 1.25. The molecule has 4 N–H and O–H groups in total. The van der Waals surface area contributed by atoms with E-state index in [0.29, 0.717) is 5.96 Å². The van der Waals surface area contributed by atoms with Crippen LogP contribution in [0.4, 0.5) is 0 Å². The van der Waals surface area contributed by atoms with Gasteiger partial charge in [-0.3, -0.25) is 4.99 Å². The average molecular weight is 239 g/mol. The number of likely N-dealkylation sites (N-methyl/N-ethyl adjacent to an activating group) is 1. The number of hydrogen-bond acceptors (Lipinski definition) is 2. The Kier molecular flexibility index (Phi) is 4.78. The van der Waals surface area contributed by atoms with E-state index in [1.54, 1.807) is 18.4 Å². The minimum Gasteiger partial charge on any atom is -0.370 e. The van der Waals surface area contributed by atoms with Crippen molar-refractivity contribution in [2.24, 2.45) is 21.5 Å². The zero-order chi connectivity index (χ0) is 12.0. The molecule has 0 amide bonds. The molecular formula is C10H17N5S. The first-order valence-corrected chi connectivity index (χ1v) is 5.86. The third kappa shape index (κ3) is 3.90. The minimum absolute atomic E-state index is 0.0305. The van der Waals surface area contributed by atoms with Crippen molar-refractivity contribution < 1.29 is 0 Å². The lowest BCUT2D eigenvalue weighted by atomic mass is 10.2. The Labute approximate surface area is 99.5 Å². The highest BCUT2D eigenvalue weighted by Gasteiger charge is 2.05. The standard InChI is InChI=1S/C10H17N5S/c1-13-10(14-9(11)12)15(2)5-3-8-4-6-16-7-8/h4,6-7H,3,5H2,1-2H3,(H4,11,12,13,14). The summed E-state index contributed by atoms with van der Waals surface area (Å²) in [6, 6.07) is 2.11. The molecule has 5 nitrogen and oxygen atoms in total. The Morgan fingerprint density at radius 3 is 2.75 bits per heavy atom. The second kappa shape index (κ2) is 6.12. The largest absolute Gasteiger partial charge is 0.370 e. The molecule has 0 unspecified atom stereocenters. The lowest BCUT2D eigenvalue weighted by molar-refractivity contribution is 0.502. The minimum atomic E-state index is 0.0305. The molecule has 1 heterocycles. The summed E-state index contributed by atoms with van der Waals surface area (Å²) in [6.07, 6.45) is 0.957. The third-order valence-electron chi connectivity index (χ3n) is 2.09. The van der Waals surface area contributed by atoms with Gasteiger partial charge in [-0.1, -0.05) is 0 Å². The van der Waals surface area contributed by atoms with E-state index in [1.165, 1.54) is 5.56 Å². The number of nitrogens with two attached hydrogens (primary N) is 2. The molecule has 16 heavy (non-hydrogen) atoms. The van der Waals surface area contributed by atoms with Crippen molar-refractivity contribution in [2.45, 2.75) is 6.42 Å². The van der Waals surface area contributed by atoms with Crippen LogP contribution in [0.3, 0.4) is 0 Å². The molecule has 1 aromatic heterocycles. The molecule has 0 fully saturated rings. The van der Waals surface area contributed by atoms with Gasteiger partial charge < -0.3 is 16.4 Å². The van der Waals surface area contributed by atoms with Gasteiger partial charge in [0.2, 0.25) is 5.96 Å². The Morgan fingerprint density at radius 1 is 1.50 bits per heavy atom. The summed E-state index contributed by atoms with van der Waals surface area (Å²) < 4.78 is 0. The Hall–Kier alpha value is -1.56. The topological polar surface area (TPSA) is 80.0 Å². The first-order valence-electron chi connectivity index (χ1n) is 4.92. The molecule has 1 aromatic rings. The molecule has 0 aliphatic rings. The normalized spacial score (nSPS) is 11.2. The SMILES string of the molecule is CN=C(N=C(N)N)N(C)CCc1ccsc1. The van der Waals surface area contributed by atoms with E-state index < -0.39 is 0 Å². The lowest BCUT2D eigenvalue weighted by Crippen LogP contribution is -2.32. The highest BCUT2D eigenvalue weighted by molar-refractivity contribution is 7.07. The number of rotatable bonds is 3. The zero-order valence-electron chi connectivity index (χ0n) is 9.55. The number of aliphatic imine (C=N–C) groups is 2. The Bertz CT molecular complexity index is 365. The molecule has 0 aromatic carbocycles. The first kappa shape index (κ1) is 12.5. The average Bonchev–Trinajstić information content (AvgIpc) is 2.75. The van der Waals surface area contributed by atoms with Crippen molar-refractivity contribution in [3.8, 4) is 0 Å². The van der Waals surface area contributed by atoms with Crippen molar-refractivity contribution >= 4 is 23.3 Å². The molecule has 1 rings (SSSR count). The number of nitrogens with zero attached hydrogens (tertiary/aromatic N) is 3. The van der Waals surface area contributed by atoms with Gasteiger partial charge in [0.15, 0.2) is 5.96 Å². The summed E-state index contributed by atoms with van der Waals surface area (Å²) in [5, 5.41) is 4.21. The van der Waals surface area contributed by atoms with E-state index in [1.807, 2.05) is 11.9 Å². The fourth-order valence-corrected chi connectivity index (χ4v) is 1.96. The van der Waals surface area contributed by atoms with Crippen molar-refractivity contribution in [1.82, 2.24) is 4.90 Å². The summed E-state index contributed by atoms with van der Waals surface area (Å²) >= 11 is 1.70. The molecule has 0 spiro atoms. The number of hydrogen-bond donors (Lipinski definition) is 2. The van der Waals surface area contributed by atoms with Crippen LogP contribution in [0.2, 0.25) is 0 Å². The van der Waals surface area contributed by atoms with Crippen LogP contribution in [-0.4, -0.2) is 37.5 Å². The van der Waals surface area contributed by atoms with E-state index in [2.05, 4.69) is 26.8 Å². The molecule has 0 aliphatic heterocycles. The van der Waals surface area contributed by atoms with E-state index >= 15 is 0 Å². The van der Waals surface area contributed by atoms with Gasteiger partial charge in [-0.15, -0.1) is 0 Å². The van der Waals surface area contributed by atoms with Crippen LogP contribution in [-0.2, 0) is 6.42 Å². The molecule has 0 atom stereocenters.